The smallest absolute Gasteiger partial charge is 0.337 e. The fourth-order valence-corrected chi connectivity index (χ4v) is 3.55. The first-order valence-electron chi connectivity index (χ1n) is 8.42. The topological polar surface area (TPSA) is 70.7 Å². The van der Waals surface area contributed by atoms with E-state index in [-0.39, 0.29) is 18.0 Å². The van der Waals surface area contributed by atoms with Gasteiger partial charge in [-0.3, -0.25) is 4.90 Å². The van der Waals surface area contributed by atoms with Gasteiger partial charge >= 0.3 is 12.0 Å². The van der Waals surface area contributed by atoms with Crippen molar-refractivity contribution in [2.75, 3.05) is 19.7 Å². The van der Waals surface area contributed by atoms with Crippen LogP contribution in [0.2, 0.25) is 0 Å². The zero-order chi connectivity index (χ0) is 18.2. The SMILES string of the molecule is C=CCN(CC1=C(C(=O)OCC)C(CC)NC(=O)N1)Cc1cccs1. The van der Waals surface area contributed by atoms with Crippen molar-refractivity contribution in [3.05, 3.63) is 46.3 Å². The summed E-state index contributed by atoms with van der Waals surface area (Å²) in [5.74, 6) is -0.383. The molecule has 25 heavy (non-hydrogen) atoms. The van der Waals surface area contributed by atoms with Gasteiger partial charge in [-0.05, 0) is 24.8 Å². The van der Waals surface area contributed by atoms with Crippen molar-refractivity contribution in [3.63, 3.8) is 0 Å². The molecule has 0 aliphatic carbocycles. The Bertz CT molecular complexity index is 640. The fourth-order valence-electron chi connectivity index (χ4n) is 2.80. The molecule has 2 heterocycles. The van der Waals surface area contributed by atoms with Crippen LogP contribution in [0.1, 0.15) is 25.1 Å². The highest BCUT2D eigenvalue weighted by molar-refractivity contribution is 7.09. The summed E-state index contributed by atoms with van der Waals surface area (Å²) in [6, 6.07) is 3.45. The summed E-state index contributed by atoms with van der Waals surface area (Å²) >= 11 is 1.68. The largest absolute Gasteiger partial charge is 0.463 e. The highest BCUT2D eigenvalue weighted by Gasteiger charge is 2.32. The molecule has 7 heteroatoms. The monoisotopic (exact) mass is 363 g/mol. The van der Waals surface area contributed by atoms with Crippen LogP contribution < -0.4 is 10.6 Å². The molecular weight excluding hydrogens is 338 g/mol. The second-order valence-corrected chi connectivity index (χ2v) is 6.74. The number of rotatable bonds is 9. The number of thiophene rings is 1. The van der Waals surface area contributed by atoms with Crippen LogP contribution in [0.25, 0.3) is 0 Å². The van der Waals surface area contributed by atoms with Crippen LogP contribution in [-0.2, 0) is 16.1 Å². The van der Waals surface area contributed by atoms with Gasteiger partial charge in [0.05, 0.1) is 18.2 Å². The van der Waals surface area contributed by atoms with Crippen LogP contribution in [0.15, 0.2) is 41.4 Å². The summed E-state index contributed by atoms with van der Waals surface area (Å²) in [4.78, 5) is 27.8. The summed E-state index contributed by atoms with van der Waals surface area (Å²) in [6.45, 7) is 9.63. The molecule has 1 aromatic rings. The molecule has 2 N–H and O–H groups in total. The van der Waals surface area contributed by atoms with Crippen LogP contribution in [0.3, 0.4) is 0 Å². The van der Waals surface area contributed by atoms with E-state index in [0.717, 1.165) is 6.54 Å². The molecule has 1 aliphatic rings. The lowest BCUT2D eigenvalue weighted by molar-refractivity contribution is -0.139. The molecular formula is C18H25N3O3S. The molecule has 6 nitrogen and oxygen atoms in total. The summed E-state index contributed by atoms with van der Waals surface area (Å²) < 4.78 is 5.20. The summed E-state index contributed by atoms with van der Waals surface area (Å²) in [6.07, 6.45) is 2.44. The number of ether oxygens (including phenoxy) is 1. The van der Waals surface area contributed by atoms with Crippen molar-refractivity contribution in [2.45, 2.75) is 32.9 Å². The first-order valence-corrected chi connectivity index (χ1v) is 9.30. The van der Waals surface area contributed by atoms with Gasteiger partial charge in [0.25, 0.3) is 0 Å². The minimum absolute atomic E-state index is 0.287. The Kier molecular flexibility index (Phi) is 7.21. The van der Waals surface area contributed by atoms with E-state index in [1.165, 1.54) is 4.88 Å². The van der Waals surface area contributed by atoms with Crippen LogP contribution in [0, 0.1) is 0 Å². The fraction of sp³-hybridized carbons (Fsp3) is 0.444. The van der Waals surface area contributed by atoms with E-state index < -0.39 is 0 Å². The van der Waals surface area contributed by atoms with Crippen LogP contribution in [0.5, 0.6) is 0 Å². The Morgan fingerprint density at radius 3 is 2.84 bits per heavy atom. The maximum Gasteiger partial charge on any atom is 0.337 e. The number of carbonyl (C=O) groups excluding carboxylic acids is 2. The average Bonchev–Trinajstić information content (AvgIpc) is 3.07. The van der Waals surface area contributed by atoms with Crippen LogP contribution >= 0.6 is 11.3 Å². The van der Waals surface area contributed by atoms with Crippen LogP contribution in [0.4, 0.5) is 4.79 Å². The third-order valence-electron chi connectivity index (χ3n) is 3.88. The molecule has 1 aromatic heterocycles. The van der Waals surface area contributed by atoms with E-state index in [2.05, 4.69) is 28.2 Å². The third-order valence-corrected chi connectivity index (χ3v) is 4.74. The van der Waals surface area contributed by atoms with Gasteiger partial charge in [-0.1, -0.05) is 19.1 Å². The van der Waals surface area contributed by atoms with Crippen molar-refractivity contribution in [2.24, 2.45) is 0 Å². The van der Waals surface area contributed by atoms with E-state index in [0.29, 0.717) is 37.4 Å². The second-order valence-electron chi connectivity index (χ2n) is 5.71. The van der Waals surface area contributed by atoms with E-state index in [1.807, 2.05) is 24.4 Å². The van der Waals surface area contributed by atoms with E-state index in [1.54, 1.807) is 18.3 Å². The predicted octanol–water partition coefficient (Wildman–Crippen LogP) is 2.64. The molecule has 0 aromatic carbocycles. The molecule has 0 saturated carbocycles. The molecule has 0 fully saturated rings. The molecule has 0 saturated heterocycles. The lowest BCUT2D eigenvalue weighted by Crippen LogP contribution is -2.52. The molecule has 0 radical (unpaired) electrons. The lowest BCUT2D eigenvalue weighted by atomic mass is 10.00. The average molecular weight is 363 g/mol. The van der Waals surface area contributed by atoms with Gasteiger partial charge in [-0.15, -0.1) is 17.9 Å². The van der Waals surface area contributed by atoms with Crippen molar-refractivity contribution in [1.82, 2.24) is 15.5 Å². The van der Waals surface area contributed by atoms with Gasteiger partial charge in [0.2, 0.25) is 0 Å². The molecule has 2 rings (SSSR count). The first-order chi connectivity index (χ1) is 12.1. The number of nitrogens with zero attached hydrogens (tertiary/aromatic N) is 1. The number of hydrogen-bond acceptors (Lipinski definition) is 5. The van der Waals surface area contributed by atoms with Crippen molar-refractivity contribution >= 4 is 23.3 Å². The molecule has 1 unspecified atom stereocenters. The number of carbonyl (C=O) groups is 2. The Hall–Kier alpha value is -2.12. The molecule has 0 bridgehead atoms. The predicted molar refractivity (Wildman–Crippen MR) is 99.2 cm³/mol. The van der Waals surface area contributed by atoms with Gasteiger partial charge in [-0.25, -0.2) is 9.59 Å². The maximum atomic E-state index is 12.4. The lowest BCUT2D eigenvalue weighted by Gasteiger charge is -2.31. The number of urea groups is 1. The van der Waals surface area contributed by atoms with E-state index in [4.69, 9.17) is 4.74 Å². The van der Waals surface area contributed by atoms with Crippen molar-refractivity contribution in [1.29, 1.82) is 0 Å². The zero-order valence-corrected chi connectivity index (χ0v) is 15.5. The maximum absolute atomic E-state index is 12.4. The van der Waals surface area contributed by atoms with Crippen LogP contribution in [-0.4, -0.2) is 42.6 Å². The summed E-state index contributed by atoms with van der Waals surface area (Å²) in [5, 5.41) is 7.62. The Morgan fingerprint density at radius 2 is 2.24 bits per heavy atom. The molecule has 136 valence electrons. The minimum atomic E-state index is -0.383. The molecule has 1 aliphatic heterocycles. The standard InChI is InChI=1S/C18H25N3O3S/c1-4-9-21(11-13-8-7-10-25-13)12-15-16(17(22)24-6-3)14(5-2)19-18(23)20-15/h4,7-8,10,14H,1,5-6,9,11-12H2,2-3H3,(H2,19,20,23). The van der Waals surface area contributed by atoms with Gasteiger partial charge in [-0.2, -0.15) is 0 Å². The van der Waals surface area contributed by atoms with E-state index >= 15 is 0 Å². The van der Waals surface area contributed by atoms with Gasteiger partial charge in [0, 0.05) is 30.2 Å². The van der Waals surface area contributed by atoms with E-state index in [9.17, 15) is 9.59 Å². The molecule has 2 amide bonds. The number of hydrogen-bond donors (Lipinski definition) is 2. The second kappa shape index (κ2) is 9.39. The molecule has 1 atom stereocenters. The number of esters is 1. The third kappa shape index (κ3) is 5.17. The Morgan fingerprint density at radius 1 is 1.44 bits per heavy atom. The quantitative estimate of drug-likeness (QED) is 0.523. The minimum Gasteiger partial charge on any atom is -0.463 e. The zero-order valence-electron chi connectivity index (χ0n) is 14.7. The van der Waals surface area contributed by atoms with Crippen molar-refractivity contribution < 1.29 is 14.3 Å². The highest BCUT2D eigenvalue weighted by atomic mass is 32.1. The Labute approximate surface area is 152 Å². The van der Waals surface area contributed by atoms with Gasteiger partial charge < -0.3 is 15.4 Å². The number of nitrogens with one attached hydrogen (secondary N) is 2. The normalized spacial score (nSPS) is 17.2. The van der Waals surface area contributed by atoms with Crippen molar-refractivity contribution in [3.8, 4) is 0 Å². The van der Waals surface area contributed by atoms with Gasteiger partial charge in [0.1, 0.15) is 0 Å². The highest BCUT2D eigenvalue weighted by Crippen LogP contribution is 2.19. The summed E-state index contributed by atoms with van der Waals surface area (Å²) in [7, 11) is 0. The Balaban J connectivity index is 2.28. The first kappa shape index (κ1) is 19.2. The number of amides is 2. The van der Waals surface area contributed by atoms with Gasteiger partial charge in [0.15, 0.2) is 0 Å². The molecule has 0 spiro atoms. The summed E-state index contributed by atoms with van der Waals surface area (Å²) in [5.41, 5.74) is 1.11.